The van der Waals surface area contributed by atoms with Crippen LogP contribution in [0.1, 0.15) is 37.0 Å². The molecule has 0 aliphatic carbocycles. The number of hydrogen-bond acceptors (Lipinski definition) is 5. The molecule has 3 rings (SSSR count). The van der Waals surface area contributed by atoms with Crippen molar-refractivity contribution in [2.45, 2.75) is 31.6 Å². The molecular formula is C21H23N3O5S. The molecule has 1 heterocycles. The lowest BCUT2D eigenvalue weighted by atomic mass is 10.1. The molecule has 9 heteroatoms. The van der Waals surface area contributed by atoms with Gasteiger partial charge in [0.1, 0.15) is 0 Å². The molecule has 1 fully saturated rings. The van der Waals surface area contributed by atoms with Crippen molar-refractivity contribution in [3.05, 3.63) is 54.1 Å². The largest absolute Gasteiger partial charge is 0.352 e. The van der Waals surface area contributed by atoms with Crippen LogP contribution >= 0.6 is 0 Å². The van der Waals surface area contributed by atoms with Crippen molar-refractivity contribution >= 4 is 39.1 Å². The summed E-state index contributed by atoms with van der Waals surface area (Å²) in [5.74, 6) is -0.737. The second kappa shape index (κ2) is 8.66. The van der Waals surface area contributed by atoms with Crippen LogP contribution in [0.2, 0.25) is 0 Å². The van der Waals surface area contributed by atoms with Crippen LogP contribution in [0.5, 0.6) is 0 Å². The first-order valence-corrected chi connectivity index (χ1v) is 11.0. The van der Waals surface area contributed by atoms with E-state index in [0.717, 1.165) is 4.90 Å². The minimum absolute atomic E-state index is 0.0530. The summed E-state index contributed by atoms with van der Waals surface area (Å²) < 4.78 is 28.1. The molecule has 3 amide bonds. The van der Waals surface area contributed by atoms with Crippen LogP contribution in [0.4, 0.5) is 11.4 Å². The predicted octanol–water partition coefficient (Wildman–Crippen LogP) is 2.53. The first-order chi connectivity index (χ1) is 14.2. The SMILES string of the molecule is CC(C)CNC(=O)c1ccccc1NS(=O)(=O)c1ccc(N2C(=O)CCC2=O)cc1. The molecule has 0 unspecified atom stereocenters. The quantitative estimate of drug-likeness (QED) is 0.657. The monoisotopic (exact) mass is 429 g/mol. The van der Waals surface area contributed by atoms with E-state index in [2.05, 4.69) is 10.0 Å². The van der Waals surface area contributed by atoms with E-state index >= 15 is 0 Å². The van der Waals surface area contributed by atoms with E-state index in [1.807, 2.05) is 13.8 Å². The molecule has 1 aliphatic rings. The van der Waals surface area contributed by atoms with E-state index in [0.29, 0.717) is 12.2 Å². The summed E-state index contributed by atoms with van der Waals surface area (Å²) in [4.78, 5) is 37.1. The number of imide groups is 1. The molecule has 1 saturated heterocycles. The van der Waals surface area contributed by atoms with Crippen LogP contribution in [0.3, 0.4) is 0 Å². The number of nitrogens with one attached hydrogen (secondary N) is 2. The minimum Gasteiger partial charge on any atom is -0.352 e. The zero-order valence-corrected chi connectivity index (χ0v) is 17.5. The van der Waals surface area contributed by atoms with Gasteiger partial charge in [0.05, 0.1) is 21.8 Å². The molecule has 1 aliphatic heterocycles. The van der Waals surface area contributed by atoms with Crippen molar-refractivity contribution < 1.29 is 22.8 Å². The average molecular weight is 429 g/mol. The van der Waals surface area contributed by atoms with E-state index in [4.69, 9.17) is 0 Å². The Kier molecular flexibility index (Phi) is 6.21. The second-order valence-electron chi connectivity index (χ2n) is 7.37. The van der Waals surface area contributed by atoms with E-state index in [-0.39, 0.29) is 52.6 Å². The Balaban J connectivity index is 1.81. The average Bonchev–Trinajstić information content (AvgIpc) is 3.04. The first-order valence-electron chi connectivity index (χ1n) is 9.55. The number of para-hydroxylation sites is 1. The van der Waals surface area contributed by atoms with Gasteiger partial charge >= 0.3 is 0 Å². The molecule has 158 valence electrons. The van der Waals surface area contributed by atoms with Crippen LogP contribution in [0, 0.1) is 5.92 Å². The lowest BCUT2D eigenvalue weighted by Gasteiger charge is -2.15. The summed E-state index contributed by atoms with van der Waals surface area (Å²) in [7, 11) is -3.99. The van der Waals surface area contributed by atoms with Crippen LogP contribution in [-0.4, -0.2) is 32.7 Å². The standard InChI is InChI=1S/C21H23N3O5S/c1-14(2)13-22-21(27)17-5-3-4-6-18(17)23-30(28,29)16-9-7-15(8-10-16)24-19(25)11-12-20(24)26/h3-10,14,23H,11-13H2,1-2H3,(H,22,27). The Morgan fingerprint density at radius 1 is 1.00 bits per heavy atom. The van der Waals surface area contributed by atoms with Crippen LogP contribution in [0.15, 0.2) is 53.4 Å². The van der Waals surface area contributed by atoms with Gasteiger partial charge in [0.25, 0.3) is 15.9 Å². The molecule has 8 nitrogen and oxygen atoms in total. The Hall–Kier alpha value is -3.20. The van der Waals surface area contributed by atoms with Gasteiger partial charge in [-0.1, -0.05) is 26.0 Å². The van der Waals surface area contributed by atoms with E-state index in [1.165, 1.54) is 30.3 Å². The van der Waals surface area contributed by atoms with Gasteiger partial charge in [-0.2, -0.15) is 0 Å². The molecule has 2 aromatic carbocycles. The molecule has 2 aromatic rings. The van der Waals surface area contributed by atoms with Crippen LogP contribution in [-0.2, 0) is 19.6 Å². The summed E-state index contributed by atoms with van der Waals surface area (Å²) in [5, 5.41) is 2.77. The normalized spacial score (nSPS) is 14.3. The fourth-order valence-corrected chi connectivity index (χ4v) is 4.08. The van der Waals surface area contributed by atoms with Gasteiger partial charge in [0, 0.05) is 19.4 Å². The molecule has 2 N–H and O–H groups in total. The molecule has 0 aromatic heterocycles. The van der Waals surface area contributed by atoms with Gasteiger partial charge in [-0.25, -0.2) is 8.42 Å². The number of nitrogens with zero attached hydrogens (tertiary/aromatic N) is 1. The summed E-state index contributed by atoms with van der Waals surface area (Å²) >= 11 is 0. The maximum Gasteiger partial charge on any atom is 0.261 e. The molecule has 0 saturated carbocycles. The van der Waals surface area contributed by atoms with Crippen LogP contribution < -0.4 is 14.9 Å². The first kappa shape index (κ1) is 21.5. The number of hydrogen-bond donors (Lipinski definition) is 2. The van der Waals surface area contributed by atoms with Crippen molar-refractivity contribution in [1.82, 2.24) is 5.32 Å². The van der Waals surface area contributed by atoms with Crippen molar-refractivity contribution in [3.8, 4) is 0 Å². The van der Waals surface area contributed by atoms with Gasteiger partial charge in [0.2, 0.25) is 11.8 Å². The third-order valence-electron chi connectivity index (χ3n) is 4.54. The molecular weight excluding hydrogens is 406 g/mol. The van der Waals surface area contributed by atoms with E-state index in [1.54, 1.807) is 18.2 Å². The third-order valence-corrected chi connectivity index (χ3v) is 5.93. The Morgan fingerprint density at radius 3 is 2.20 bits per heavy atom. The van der Waals surface area contributed by atoms with Crippen molar-refractivity contribution in [2.75, 3.05) is 16.2 Å². The Labute approximate surface area is 175 Å². The van der Waals surface area contributed by atoms with Gasteiger partial charge in [-0.3, -0.25) is 24.0 Å². The number of benzene rings is 2. The van der Waals surface area contributed by atoms with Gasteiger partial charge in [-0.15, -0.1) is 0 Å². The maximum absolute atomic E-state index is 12.8. The third kappa shape index (κ3) is 4.68. The predicted molar refractivity (Wildman–Crippen MR) is 113 cm³/mol. The highest BCUT2D eigenvalue weighted by Crippen LogP contribution is 2.25. The van der Waals surface area contributed by atoms with E-state index in [9.17, 15) is 22.8 Å². The fourth-order valence-electron chi connectivity index (χ4n) is 3.00. The summed E-state index contributed by atoms with van der Waals surface area (Å²) in [6, 6.07) is 11.8. The summed E-state index contributed by atoms with van der Waals surface area (Å²) in [6.07, 6.45) is 0.298. The number of carbonyl (C=O) groups is 3. The summed E-state index contributed by atoms with van der Waals surface area (Å²) in [5.41, 5.74) is 0.703. The van der Waals surface area contributed by atoms with Gasteiger partial charge < -0.3 is 5.32 Å². The van der Waals surface area contributed by atoms with Crippen LogP contribution in [0.25, 0.3) is 0 Å². The maximum atomic E-state index is 12.8. The number of amides is 3. The zero-order chi connectivity index (χ0) is 21.9. The Morgan fingerprint density at radius 2 is 1.60 bits per heavy atom. The number of sulfonamides is 1. The molecule has 0 atom stereocenters. The van der Waals surface area contributed by atoms with Crippen molar-refractivity contribution in [3.63, 3.8) is 0 Å². The van der Waals surface area contributed by atoms with Crippen molar-refractivity contribution in [2.24, 2.45) is 5.92 Å². The smallest absolute Gasteiger partial charge is 0.261 e. The topological polar surface area (TPSA) is 113 Å². The number of anilines is 2. The van der Waals surface area contributed by atoms with E-state index < -0.39 is 10.0 Å². The second-order valence-corrected chi connectivity index (χ2v) is 9.05. The highest BCUT2D eigenvalue weighted by molar-refractivity contribution is 7.92. The fraction of sp³-hybridized carbons (Fsp3) is 0.286. The van der Waals surface area contributed by atoms with Gasteiger partial charge in [0.15, 0.2) is 0 Å². The lowest BCUT2D eigenvalue weighted by molar-refractivity contribution is -0.121. The molecule has 0 spiro atoms. The Bertz CT molecular complexity index is 1060. The van der Waals surface area contributed by atoms with Crippen molar-refractivity contribution in [1.29, 1.82) is 0 Å². The van der Waals surface area contributed by atoms with Gasteiger partial charge in [-0.05, 0) is 42.3 Å². The minimum atomic E-state index is -3.99. The highest BCUT2D eigenvalue weighted by atomic mass is 32.2. The number of rotatable bonds is 7. The zero-order valence-electron chi connectivity index (χ0n) is 16.7. The lowest BCUT2D eigenvalue weighted by Crippen LogP contribution is -2.29. The number of carbonyl (C=O) groups excluding carboxylic acids is 3. The molecule has 0 bridgehead atoms. The summed E-state index contributed by atoms with van der Waals surface area (Å²) in [6.45, 7) is 4.39. The molecule has 0 radical (unpaired) electrons. The highest BCUT2D eigenvalue weighted by Gasteiger charge is 2.30. The molecule has 30 heavy (non-hydrogen) atoms.